The lowest BCUT2D eigenvalue weighted by molar-refractivity contribution is 0.696. The highest BCUT2D eigenvalue weighted by Gasteiger charge is 2.21. The summed E-state index contributed by atoms with van der Waals surface area (Å²) in [6, 6.07) is 17.9. The Kier molecular flexibility index (Phi) is 3.64. The van der Waals surface area contributed by atoms with Crippen LogP contribution in [0.3, 0.4) is 0 Å². The smallest absolute Gasteiger partial charge is 0.0477 e. The molecule has 104 valence electrons. The molecule has 2 aromatic carbocycles. The average Bonchev–Trinajstić information content (AvgIpc) is 2.87. The zero-order valence-corrected chi connectivity index (χ0v) is 12.3. The summed E-state index contributed by atoms with van der Waals surface area (Å²) in [5.74, 6) is 0. The van der Waals surface area contributed by atoms with Gasteiger partial charge in [0.1, 0.15) is 0 Å². The molecule has 1 unspecified atom stereocenters. The van der Waals surface area contributed by atoms with Crippen LogP contribution in [0.25, 0.3) is 0 Å². The van der Waals surface area contributed by atoms with Gasteiger partial charge in [0.2, 0.25) is 0 Å². The third kappa shape index (κ3) is 2.64. The van der Waals surface area contributed by atoms with Crippen LogP contribution < -0.4 is 10.2 Å². The molecule has 1 heterocycles. The molecule has 1 aliphatic heterocycles. The largest absolute Gasteiger partial charge is 0.380 e. The van der Waals surface area contributed by atoms with Crippen LogP contribution in [0.1, 0.15) is 18.1 Å². The summed E-state index contributed by atoms with van der Waals surface area (Å²) < 4.78 is 0. The van der Waals surface area contributed by atoms with Gasteiger partial charge in [0, 0.05) is 30.5 Å². The zero-order valence-electron chi connectivity index (χ0n) is 12.3. The maximum atomic E-state index is 3.64. The summed E-state index contributed by atoms with van der Waals surface area (Å²) in [6.45, 7) is 6.47. The summed E-state index contributed by atoms with van der Waals surface area (Å²) in [5, 5.41) is 3.64. The zero-order chi connectivity index (χ0) is 13.9. The van der Waals surface area contributed by atoms with E-state index in [0.717, 1.165) is 19.5 Å². The summed E-state index contributed by atoms with van der Waals surface area (Å²) in [4.78, 5) is 2.45. The Morgan fingerprint density at radius 3 is 2.75 bits per heavy atom. The third-order valence-corrected chi connectivity index (χ3v) is 4.03. The summed E-state index contributed by atoms with van der Waals surface area (Å²) in [7, 11) is 0. The number of likely N-dealkylation sites (N-methyl/N-ethyl adjacent to an activating group) is 1. The van der Waals surface area contributed by atoms with Gasteiger partial charge in [-0.05, 0) is 49.6 Å². The molecule has 0 aromatic heterocycles. The first-order valence-electron chi connectivity index (χ1n) is 7.42. The number of hydrogen-bond acceptors (Lipinski definition) is 2. The predicted octanol–water partition coefficient (Wildman–Crippen LogP) is 3.86. The number of aryl methyl sites for hydroxylation is 1. The predicted molar refractivity (Wildman–Crippen MR) is 86.6 cm³/mol. The second kappa shape index (κ2) is 5.58. The Labute approximate surface area is 121 Å². The van der Waals surface area contributed by atoms with E-state index in [1.807, 2.05) is 0 Å². The number of para-hydroxylation sites is 1. The van der Waals surface area contributed by atoms with Crippen LogP contribution in [0, 0.1) is 6.92 Å². The van der Waals surface area contributed by atoms with Gasteiger partial charge in [-0.1, -0.05) is 30.3 Å². The van der Waals surface area contributed by atoms with Crippen LogP contribution in [0.5, 0.6) is 0 Å². The van der Waals surface area contributed by atoms with E-state index in [-0.39, 0.29) is 0 Å². The van der Waals surface area contributed by atoms with Gasteiger partial charge in [-0.15, -0.1) is 0 Å². The van der Waals surface area contributed by atoms with Gasteiger partial charge < -0.3 is 10.2 Å². The molecule has 0 radical (unpaired) electrons. The monoisotopic (exact) mass is 266 g/mol. The van der Waals surface area contributed by atoms with E-state index in [0.29, 0.717) is 6.04 Å². The Balaban J connectivity index is 1.71. The first kappa shape index (κ1) is 13.0. The molecule has 0 bridgehead atoms. The molecule has 1 aliphatic rings. The van der Waals surface area contributed by atoms with Crippen LogP contribution in [0.4, 0.5) is 11.4 Å². The van der Waals surface area contributed by atoms with Gasteiger partial charge in [-0.2, -0.15) is 0 Å². The number of fused-ring (bicyclic) bond motifs is 1. The fourth-order valence-electron chi connectivity index (χ4n) is 2.99. The summed E-state index contributed by atoms with van der Waals surface area (Å²) >= 11 is 0. The van der Waals surface area contributed by atoms with E-state index in [2.05, 4.69) is 72.6 Å². The molecule has 1 N–H and O–H groups in total. The molecule has 0 saturated heterocycles. The Morgan fingerprint density at radius 1 is 1.15 bits per heavy atom. The van der Waals surface area contributed by atoms with E-state index in [1.165, 1.54) is 22.5 Å². The molecular formula is C18H22N2. The fraction of sp³-hybridized carbons (Fsp3) is 0.333. The van der Waals surface area contributed by atoms with E-state index in [1.54, 1.807) is 0 Å². The lowest BCUT2D eigenvalue weighted by Gasteiger charge is -2.27. The van der Waals surface area contributed by atoms with Crippen LogP contribution in [-0.4, -0.2) is 19.1 Å². The van der Waals surface area contributed by atoms with Gasteiger partial charge in [0.15, 0.2) is 0 Å². The maximum Gasteiger partial charge on any atom is 0.0477 e. The number of benzene rings is 2. The van der Waals surface area contributed by atoms with Gasteiger partial charge in [-0.3, -0.25) is 0 Å². The Morgan fingerprint density at radius 2 is 2.00 bits per heavy atom. The molecule has 0 aliphatic carbocycles. The van der Waals surface area contributed by atoms with E-state index >= 15 is 0 Å². The average molecular weight is 266 g/mol. The van der Waals surface area contributed by atoms with Crippen molar-refractivity contribution in [2.75, 3.05) is 23.3 Å². The topological polar surface area (TPSA) is 15.3 Å². The third-order valence-electron chi connectivity index (χ3n) is 4.03. The van der Waals surface area contributed by atoms with E-state index in [9.17, 15) is 0 Å². The van der Waals surface area contributed by atoms with Crippen LogP contribution in [0.2, 0.25) is 0 Å². The molecule has 2 nitrogen and oxygen atoms in total. The molecule has 3 rings (SSSR count). The van der Waals surface area contributed by atoms with Crippen molar-refractivity contribution in [1.82, 2.24) is 0 Å². The van der Waals surface area contributed by atoms with Crippen LogP contribution >= 0.6 is 0 Å². The second-order valence-electron chi connectivity index (χ2n) is 5.58. The van der Waals surface area contributed by atoms with E-state index in [4.69, 9.17) is 0 Å². The minimum Gasteiger partial charge on any atom is -0.380 e. The van der Waals surface area contributed by atoms with Crippen LogP contribution in [-0.2, 0) is 6.42 Å². The first-order chi connectivity index (χ1) is 9.76. The lowest BCUT2D eigenvalue weighted by atomic mass is 10.1. The van der Waals surface area contributed by atoms with Gasteiger partial charge >= 0.3 is 0 Å². The molecule has 0 spiro atoms. The van der Waals surface area contributed by atoms with Gasteiger partial charge in [-0.25, -0.2) is 0 Å². The fourth-order valence-corrected chi connectivity index (χ4v) is 2.99. The van der Waals surface area contributed by atoms with Crippen molar-refractivity contribution < 1.29 is 0 Å². The highest BCUT2D eigenvalue weighted by atomic mass is 15.2. The van der Waals surface area contributed by atoms with Gasteiger partial charge in [0.25, 0.3) is 0 Å². The highest BCUT2D eigenvalue weighted by molar-refractivity contribution is 5.57. The van der Waals surface area contributed by atoms with Crippen molar-refractivity contribution in [2.45, 2.75) is 26.3 Å². The Bertz CT molecular complexity index is 566. The number of hydrogen-bond donors (Lipinski definition) is 1. The molecule has 0 saturated carbocycles. The number of anilines is 2. The molecule has 2 heteroatoms. The normalized spacial score (nSPS) is 16.6. The number of rotatable bonds is 4. The second-order valence-corrected chi connectivity index (χ2v) is 5.58. The molecular weight excluding hydrogens is 244 g/mol. The van der Waals surface area contributed by atoms with Crippen molar-refractivity contribution in [2.24, 2.45) is 0 Å². The molecule has 1 atom stereocenters. The maximum absolute atomic E-state index is 3.64. The summed E-state index contributed by atoms with van der Waals surface area (Å²) in [6.07, 6.45) is 1.12. The lowest BCUT2D eigenvalue weighted by Crippen LogP contribution is -2.35. The van der Waals surface area contributed by atoms with Gasteiger partial charge in [0.05, 0.1) is 0 Å². The van der Waals surface area contributed by atoms with Crippen molar-refractivity contribution >= 4 is 11.4 Å². The minimum atomic E-state index is 0.507. The van der Waals surface area contributed by atoms with Crippen molar-refractivity contribution in [3.05, 3.63) is 59.7 Å². The number of nitrogens with zero attached hydrogens (tertiary/aromatic N) is 1. The number of nitrogens with one attached hydrogen (secondary N) is 1. The Hall–Kier alpha value is -1.96. The minimum absolute atomic E-state index is 0.507. The first-order valence-corrected chi connectivity index (χ1v) is 7.42. The highest BCUT2D eigenvalue weighted by Crippen LogP contribution is 2.26. The van der Waals surface area contributed by atoms with E-state index < -0.39 is 0 Å². The standard InChI is InChI=1S/C18H22N2/c1-3-20(17-9-6-7-14(2)11-17)13-16-12-15-8-4-5-10-18(15)19-16/h4-11,16,19H,3,12-13H2,1-2H3. The van der Waals surface area contributed by atoms with Crippen molar-refractivity contribution in [3.8, 4) is 0 Å². The SMILES string of the molecule is CCN(CC1Cc2ccccc2N1)c1cccc(C)c1. The van der Waals surface area contributed by atoms with Crippen molar-refractivity contribution in [1.29, 1.82) is 0 Å². The quantitative estimate of drug-likeness (QED) is 0.904. The summed E-state index contributed by atoms with van der Waals surface area (Å²) in [5.41, 5.74) is 5.39. The molecule has 20 heavy (non-hydrogen) atoms. The molecule has 2 aromatic rings. The van der Waals surface area contributed by atoms with Crippen molar-refractivity contribution in [3.63, 3.8) is 0 Å². The molecule has 0 amide bonds. The van der Waals surface area contributed by atoms with Crippen LogP contribution in [0.15, 0.2) is 48.5 Å². The molecule has 0 fully saturated rings.